The smallest absolute Gasteiger partial charge is 0.324 e. The zero-order valence-electron chi connectivity index (χ0n) is 17.9. The zero-order valence-corrected chi connectivity index (χ0v) is 17.9. The lowest BCUT2D eigenvalue weighted by molar-refractivity contribution is -0.172. The van der Waals surface area contributed by atoms with Crippen LogP contribution in [-0.2, 0) is 35.0 Å². The summed E-state index contributed by atoms with van der Waals surface area (Å²) in [4.78, 5) is 37.7. The van der Waals surface area contributed by atoms with Gasteiger partial charge in [-0.3, -0.25) is 14.4 Å². The van der Waals surface area contributed by atoms with E-state index in [1.54, 1.807) is 31.2 Å². The van der Waals surface area contributed by atoms with Crippen LogP contribution in [0.1, 0.15) is 43.7 Å². The molecule has 0 saturated heterocycles. The molecule has 0 amide bonds. The van der Waals surface area contributed by atoms with Crippen molar-refractivity contribution in [3.63, 3.8) is 0 Å². The number of hydrogen-bond donors (Lipinski definition) is 0. The summed E-state index contributed by atoms with van der Waals surface area (Å²) in [5.74, 6) is -1.77. The topological polar surface area (TPSA) is 103 Å². The maximum Gasteiger partial charge on any atom is 0.324 e. The first-order chi connectivity index (χ1) is 14.9. The van der Waals surface area contributed by atoms with Gasteiger partial charge in [0.25, 0.3) is 0 Å². The Balaban J connectivity index is 3.17. The maximum atomic E-state index is 13.0. The molecule has 0 atom stereocenters. The third-order valence-corrected chi connectivity index (χ3v) is 4.57. The molecule has 0 aliphatic heterocycles. The highest BCUT2D eigenvalue weighted by Crippen LogP contribution is 2.34. The molecule has 166 valence electrons. The van der Waals surface area contributed by atoms with E-state index < -0.39 is 17.4 Å². The molecule has 0 unspecified atom stereocenters. The maximum absolute atomic E-state index is 13.0. The van der Waals surface area contributed by atoms with Crippen LogP contribution >= 0.6 is 0 Å². The number of hydrogen-bond acceptors (Lipinski definition) is 7. The van der Waals surface area contributed by atoms with Crippen molar-refractivity contribution >= 4 is 17.9 Å². The third kappa shape index (κ3) is 8.09. The molecule has 0 N–H and O–H groups in total. The first-order valence-corrected chi connectivity index (χ1v) is 10.1. The van der Waals surface area contributed by atoms with Gasteiger partial charge in [-0.1, -0.05) is 43.9 Å². The van der Waals surface area contributed by atoms with E-state index in [9.17, 15) is 14.4 Å². The molecule has 0 bridgehead atoms. The Morgan fingerprint density at radius 1 is 1.00 bits per heavy atom. The fourth-order valence-electron chi connectivity index (χ4n) is 3.04. The summed E-state index contributed by atoms with van der Waals surface area (Å²) in [5, 5.41) is 9.00. The van der Waals surface area contributed by atoms with Crippen LogP contribution in [-0.4, -0.2) is 37.7 Å². The fraction of sp³-hybridized carbons (Fsp3) is 0.417. The van der Waals surface area contributed by atoms with Gasteiger partial charge in [-0.05, 0) is 43.9 Å². The Morgan fingerprint density at radius 2 is 1.58 bits per heavy atom. The van der Waals surface area contributed by atoms with Crippen LogP contribution in [0.2, 0.25) is 0 Å². The van der Waals surface area contributed by atoms with Gasteiger partial charge in [0.1, 0.15) is 13.2 Å². The average molecular weight is 427 g/mol. The molecule has 0 fully saturated rings. The second-order valence-electron chi connectivity index (χ2n) is 6.85. The van der Waals surface area contributed by atoms with Crippen molar-refractivity contribution in [3.05, 3.63) is 60.7 Å². The number of nitrogens with zero attached hydrogens (tertiary/aromatic N) is 1. The van der Waals surface area contributed by atoms with E-state index in [0.29, 0.717) is 30.6 Å². The van der Waals surface area contributed by atoms with Crippen LogP contribution in [0.15, 0.2) is 49.6 Å². The number of unbranched alkanes of at least 4 members (excludes halogenated alkanes) is 1. The molecule has 0 spiro atoms. The van der Waals surface area contributed by atoms with E-state index in [1.165, 1.54) is 12.2 Å². The Bertz CT molecular complexity index is 782. The lowest BCUT2D eigenvalue weighted by atomic mass is 9.77. The highest BCUT2D eigenvalue weighted by Gasteiger charge is 2.48. The number of rotatable bonds is 14. The molecule has 1 aromatic rings. The fourth-order valence-corrected chi connectivity index (χ4v) is 3.04. The Kier molecular flexibility index (Phi) is 11.4. The third-order valence-electron chi connectivity index (χ3n) is 4.57. The largest absolute Gasteiger partial charge is 0.466 e. The summed E-state index contributed by atoms with van der Waals surface area (Å²) in [5.41, 5.74) is -0.461. The van der Waals surface area contributed by atoms with Crippen LogP contribution in [0, 0.1) is 16.7 Å². The van der Waals surface area contributed by atoms with Gasteiger partial charge in [0.05, 0.1) is 18.2 Å². The lowest BCUT2D eigenvalue weighted by Crippen LogP contribution is -2.44. The molecule has 1 aromatic carbocycles. The van der Waals surface area contributed by atoms with Gasteiger partial charge in [0, 0.05) is 6.42 Å². The van der Waals surface area contributed by atoms with Crippen molar-refractivity contribution in [2.24, 2.45) is 5.41 Å². The second-order valence-corrected chi connectivity index (χ2v) is 6.85. The van der Waals surface area contributed by atoms with Gasteiger partial charge in [0.15, 0.2) is 5.41 Å². The minimum Gasteiger partial charge on any atom is -0.466 e. The molecule has 1 rings (SSSR count). The van der Waals surface area contributed by atoms with Crippen LogP contribution in [0.4, 0.5) is 0 Å². The molecule has 31 heavy (non-hydrogen) atoms. The highest BCUT2D eigenvalue weighted by atomic mass is 16.6. The number of benzene rings is 1. The van der Waals surface area contributed by atoms with Crippen LogP contribution < -0.4 is 0 Å². The molecular formula is C24H29NO6. The molecule has 0 aromatic heterocycles. The number of ether oxygens (including phenoxy) is 3. The van der Waals surface area contributed by atoms with Crippen molar-refractivity contribution < 1.29 is 28.6 Å². The van der Waals surface area contributed by atoms with Gasteiger partial charge in [-0.15, -0.1) is 0 Å². The SMILES string of the molecule is C=CCOC(=O)C(CCCCC(=O)OCC)(Cc1ccc(C#N)cc1)C(=O)OCC=C. The summed E-state index contributed by atoms with van der Waals surface area (Å²) >= 11 is 0. The number of carbonyl (C=O) groups excluding carboxylic acids is 3. The van der Waals surface area contributed by atoms with Gasteiger partial charge in [0.2, 0.25) is 0 Å². The number of nitriles is 1. The van der Waals surface area contributed by atoms with Crippen molar-refractivity contribution in [1.82, 2.24) is 0 Å². The monoisotopic (exact) mass is 427 g/mol. The molecule has 0 radical (unpaired) electrons. The molecule has 0 saturated carbocycles. The summed E-state index contributed by atoms with van der Waals surface area (Å²) in [6.07, 6.45) is 4.02. The Hall–Kier alpha value is -3.40. The van der Waals surface area contributed by atoms with Crippen molar-refractivity contribution in [2.45, 2.75) is 39.0 Å². The van der Waals surface area contributed by atoms with Crippen LogP contribution in [0.3, 0.4) is 0 Å². The molecule has 7 nitrogen and oxygen atoms in total. The molecular weight excluding hydrogens is 398 g/mol. The first-order valence-electron chi connectivity index (χ1n) is 10.1. The molecule has 0 aliphatic carbocycles. The van der Waals surface area contributed by atoms with Crippen molar-refractivity contribution in [1.29, 1.82) is 5.26 Å². The van der Waals surface area contributed by atoms with Gasteiger partial charge in [-0.25, -0.2) is 0 Å². The van der Waals surface area contributed by atoms with E-state index in [4.69, 9.17) is 19.5 Å². The Labute approximate surface area is 183 Å². The van der Waals surface area contributed by atoms with Gasteiger partial charge < -0.3 is 14.2 Å². The summed E-state index contributed by atoms with van der Waals surface area (Å²) < 4.78 is 15.5. The minimum atomic E-state index is -1.60. The predicted molar refractivity (Wildman–Crippen MR) is 115 cm³/mol. The lowest BCUT2D eigenvalue weighted by Gasteiger charge is -2.29. The number of carbonyl (C=O) groups is 3. The van der Waals surface area contributed by atoms with E-state index in [0.717, 1.165) is 0 Å². The quantitative estimate of drug-likeness (QED) is 0.147. The number of esters is 3. The summed E-state index contributed by atoms with van der Waals surface area (Å²) in [6, 6.07) is 8.64. The first kappa shape index (κ1) is 25.6. The van der Waals surface area contributed by atoms with Crippen molar-refractivity contribution in [2.75, 3.05) is 19.8 Å². The molecule has 0 heterocycles. The van der Waals surface area contributed by atoms with Gasteiger partial charge in [-0.2, -0.15) is 5.26 Å². The second kappa shape index (κ2) is 13.8. The van der Waals surface area contributed by atoms with E-state index >= 15 is 0 Å². The van der Waals surface area contributed by atoms with Crippen molar-refractivity contribution in [3.8, 4) is 6.07 Å². The Morgan fingerprint density at radius 3 is 2.06 bits per heavy atom. The van der Waals surface area contributed by atoms with E-state index in [-0.39, 0.29) is 38.4 Å². The highest BCUT2D eigenvalue weighted by molar-refractivity contribution is 6.00. The summed E-state index contributed by atoms with van der Waals surface area (Å²) in [6.45, 7) is 8.99. The molecule has 7 heteroatoms. The molecule has 0 aliphatic rings. The normalized spacial score (nSPS) is 10.5. The zero-order chi connectivity index (χ0) is 23.1. The van der Waals surface area contributed by atoms with Gasteiger partial charge >= 0.3 is 17.9 Å². The van der Waals surface area contributed by atoms with Crippen LogP contribution in [0.25, 0.3) is 0 Å². The summed E-state index contributed by atoms with van der Waals surface area (Å²) in [7, 11) is 0. The average Bonchev–Trinajstić information content (AvgIpc) is 2.78. The van der Waals surface area contributed by atoms with Crippen LogP contribution in [0.5, 0.6) is 0 Å². The van der Waals surface area contributed by atoms with E-state index in [2.05, 4.69) is 13.2 Å². The van der Waals surface area contributed by atoms with E-state index in [1.807, 2.05) is 6.07 Å². The standard InChI is InChI=1S/C24H29NO6/c1-4-15-30-22(27)24(23(28)31-16-5-2,14-8-7-9-21(26)29-6-3)17-19-10-12-20(18-25)13-11-19/h4-5,10-13H,1-2,6-9,14-17H2,3H3. The predicted octanol–water partition coefficient (Wildman–Crippen LogP) is 3.67. The minimum absolute atomic E-state index is 0.0318.